The number of piperidine rings is 1. The molecule has 0 spiro atoms. The Hall–Kier alpha value is -2.98. The molecule has 2 fully saturated rings. The summed E-state index contributed by atoms with van der Waals surface area (Å²) in [7, 11) is 0. The lowest BCUT2D eigenvalue weighted by Crippen LogP contribution is -2.45. The van der Waals surface area contributed by atoms with Crippen molar-refractivity contribution in [1.82, 2.24) is 30.8 Å². The van der Waals surface area contributed by atoms with Crippen LogP contribution in [0.4, 0.5) is 13.2 Å². The molecule has 0 radical (unpaired) electrons. The number of ether oxygens (including phenoxy) is 1. The van der Waals surface area contributed by atoms with Crippen molar-refractivity contribution in [2.75, 3.05) is 13.1 Å². The highest BCUT2D eigenvalue weighted by Gasteiger charge is 2.38. The van der Waals surface area contributed by atoms with Gasteiger partial charge in [0.1, 0.15) is 5.75 Å². The molecular weight excluding hydrogens is 433 g/mol. The molecule has 0 amide bonds. The molecule has 174 valence electrons. The number of rotatable bonds is 7. The monoisotopic (exact) mass is 458 g/mol. The van der Waals surface area contributed by atoms with Crippen LogP contribution in [0, 0.1) is 0 Å². The maximum atomic E-state index is 13.3. The van der Waals surface area contributed by atoms with Crippen LogP contribution >= 0.6 is 0 Å². The molecule has 2 aliphatic rings. The molecular formula is C23H25F3N6O. The average Bonchev–Trinajstić information content (AvgIpc) is 3.49. The molecule has 33 heavy (non-hydrogen) atoms. The Bertz CT molecular complexity index is 1080. The van der Waals surface area contributed by atoms with E-state index >= 15 is 0 Å². The molecule has 5 rings (SSSR count). The average molecular weight is 458 g/mol. The molecule has 1 aliphatic heterocycles. The van der Waals surface area contributed by atoms with E-state index in [1.54, 1.807) is 18.2 Å². The normalized spacial score (nSPS) is 21.2. The summed E-state index contributed by atoms with van der Waals surface area (Å²) in [5.41, 5.74) is 2.29. The molecule has 1 saturated carbocycles. The maximum absolute atomic E-state index is 13.3. The fraction of sp³-hybridized carbons (Fsp3) is 0.435. The highest BCUT2D eigenvalue weighted by Crippen LogP contribution is 2.33. The van der Waals surface area contributed by atoms with E-state index in [1.165, 1.54) is 5.56 Å². The van der Waals surface area contributed by atoms with Crippen LogP contribution in [0.2, 0.25) is 0 Å². The van der Waals surface area contributed by atoms with Gasteiger partial charge in [-0.1, -0.05) is 30.3 Å². The van der Waals surface area contributed by atoms with E-state index in [-0.39, 0.29) is 17.8 Å². The number of halogens is 3. The number of alkyl halides is 3. The first kappa shape index (κ1) is 21.8. The van der Waals surface area contributed by atoms with Crippen molar-refractivity contribution in [3.05, 3.63) is 65.5 Å². The standard InChI is InChI=1S/C23H25F3N6O/c24-23(25,26)22-29-30-31-32(22)17-6-9-21(33-18-7-8-18)16(12-17)13-28-20-10-11-27-14-19(20)15-4-2-1-3-5-15/h1-6,9,12,18-20,27-28H,7-8,10-11,13-14H2/t19-,20-/m0/s1. The number of nitrogens with one attached hydrogen (secondary N) is 2. The predicted molar refractivity (Wildman–Crippen MR) is 115 cm³/mol. The Morgan fingerprint density at radius 1 is 1.09 bits per heavy atom. The van der Waals surface area contributed by atoms with Crippen molar-refractivity contribution in [3.63, 3.8) is 0 Å². The van der Waals surface area contributed by atoms with Gasteiger partial charge >= 0.3 is 6.18 Å². The molecule has 7 nitrogen and oxygen atoms in total. The number of benzene rings is 2. The molecule has 1 aliphatic carbocycles. The molecule has 2 atom stereocenters. The SMILES string of the molecule is FC(F)(F)c1nnnn1-c1ccc(OC2CC2)c(CN[C@H]2CCNC[C@H]2c2ccccc2)c1. The lowest BCUT2D eigenvalue weighted by Gasteiger charge is -2.33. The minimum Gasteiger partial charge on any atom is -0.490 e. The first-order valence-electron chi connectivity index (χ1n) is 11.1. The van der Waals surface area contributed by atoms with Crippen LogP contribution in [-0.4, -0.2) is 45.4 Å². The van der Waals surface area contributed by atoms with Gasteiger partial charge in [0.2, 0.25) is 0 Å². The van der Waals surface area contributed by atoms with Crippen molar-refractivity contribution in [1.29, 1.82) is 0 Å². The largest absolute Gasteiger partial charge is 0.490 e. The zero-order chi connectivity index (χ0) is 22.8. The van der Waals surface area contributed by atoms with Gasteiger partial charge in [-0.3, -0.25) is 0 Å². The van der Waals surface area contributed by atoms with Crippen LogP contribution in [0.15, 0.2) is 48.5 Å². The summed E-state index contributed by atoms with van der Waals surface area (Å²) in [5, 5.41) is 17.0. The molecule has 10 heteroatoms. The molecule has 1 aromatic heterocycles. The number of tetrazole rings is 1. The smallest absolute Gasteiger partial charge is 0.453 e. The first-order chi connectivity index (χ1) is 16.0. The van der Waals surface area contributed by atoms with E-state index in [0.717, 1.165) is 42.6 Å². The summed E-state index contributed by atoms with van der Waals surface area (Å²) in [6.07, 6.45) is -1.55. The minimum atomic E-state index is -4.65. The van der Waals surface area contributed by atoms with Crippen molar-refractivity contribution in [3.8, 4) is 11.4 Å². The maximum Gasteiger partial charge on any atom is 0.453 e. The fourth-order valence-corrected chi connectivity index (χ4v) is 4.25. The van der Waals surface area contributed by atoms with Gasteiger partial charge in [0, 0.05) is 30.6 Å². The van der Waals surface area contributed by atoms with Crippen molar-refractivity contribution in [2.45, 2.75) is 50.0 Å². The lowest BCUT2D eigenvalue weighted by atomic mass is 9.87. The second-order valence-corrected chi connectivity index (χ2v) is 8.52. The Kier molecular flexibility index (Phi) is 6.03. The Labute approximate surface area is 189 Å². The van der Waals surface area contributed by atoms with Crippen LogP contribution in [0.1, 0.15) is 42.1 Å². The Balaban J connectivity index is 1.40. The first-order valence-corrected chi connectivity index (χ1v) is 11.1. The third-order valence-corrected chi connectivity index (χ3v) is 6.09. The fourth-order valence-electron chi connectivity index (χ4n) is 4.25. The van der Waals surface area contributed by atoms with Gasteiger partial charge in [-0.2, -0.15) is 17.9 Å². The predicted octanol–water partition coefficient (Wildman–Crippen LogP) is 3.46. The highest BCUT2D eigenvalue weighted by atomic mass is 19.4. The zero-order valence-corrected chi connectivity index (χ0v) is 17.9. The quantitative estimate of drug-likeness (QED) is 0.565. The van der Waals surface area contributed by atoms with Crippen LogP contribution in [0.25, 0.3) is 5.69 Å². The van der Waals surface area contributed by atoms with Crippen molar-refractivity contribution >= 4 is 0 Å². The molecule has 1 saturated heterocycles. The summed E-state index contributed by atoms with van der Waals surface area (Å²) in [6.45, 7) is 2.24. The van der Waals surface area contributed by atoms with E-state index < -0.39 is 12.0 Å². The van der Waals surface area contributed by atoms with Gasteiger partial charge in [-0.25, -0.2) is 0 Å². The second kappa shape index (κ2) is 9.11. The van der Waals surface area contributed by atoms with Gasteiger partial charge < -0.3 is 15.4 Å². The molecule has 0 bridgehead atoms. The van der Waals surface area contributed by atoms with Crippen LogP contribution in [0.5, 0.6) is 5.75 Å². The van der Waals surface area contributed by atoms with E-state index in [4.69, 9.17) is 4.74 Å². The minimum absolute atomic E-state index is 0.171. The zero-order valence-electron chi connectivity index (χ0n) is 17.9. The summed E-state index contributed by atoms with van der Waals surface area (Å²) >= 11 is 0. The van der Waals surface area contributed by atoms with Gasteiger partial charge in [0.15, 0.2) is 0 Å². The van der Waals surface area contributed by atoms with Crippen LogP contribution in [0.3, 0.4) is 0 Å². The van der Waals surface area contributed by atoms with Crippen molar-refractivity contribution < 1.29 is 17.9 Å². The Morgan fingerprint density at radius 3 is 2.67 bits per heavy atom. The molecule has 2 N–H and O–H groups in total. The summed E-state index contributed by atoms with van der Waals surface area (Å²) < 4.78 is 46.7. The Morgan fingerprint density at radius 2 is 1.91 bits per heavy atom. The number of hydrogen-bond donors (Lipinski definition) is 2. The molecule has 0 unspecified atom stereocenters. The summed E-state index contributed by atoms with van der Waals surface area (Å²) in [4.78, 5) is 0. The van der Waals surface area contributed by atoms with E-state index in [2.05, 4.69) is 38.3 Å². The van der Waals surface area contributed by atoms with E-state index in [9.17, 15) is 13.2 Å². The number of hydrogen-bond acceptors (Lipinski definition) is 6. The highest BCUT2D eigenvalue weighted by molar-refractivity contribution is 5.44. The molecule has 3 aromatic rings. The van der Waals surface area contributed by atoms with Gasteiger partial charge in [-0.15, -0.1) is 5.10 Å². The van der Waals surface area contributed by atoms with Gasteiger partial charge in [0.05, 0.1) is 11.8 Å². The third-order valence-electron chi connectivity index (χ3n) is 6.09. The summed E-state index contributed by atoms with van der Waals surface area (Å²) in [5.74, 6) is -0.173. The molecule has 2 heterocycles. The molecule has 2 aromatic carbocycles. The van der Waals surface area contributed by atoms with Crippen LogP contribution < -0.4 is 15.4 Å². The van der Waals surface area contributed by atoms with Crippen molar-refractivity contribution in [2.24, 2.45) is 0 Å². The second-order valence-electron chi connectivity index (χ2n) is 8.52. The van der Waals surface area contributed by atoms with Gasteiger partial charge in [0.25, 0.3) is 5.82 Å². The van der Waals surface area contributed by atoms with Crippen LogP contribution in [-0.2, 0) is 12.7 Å². The topological polar surface area (TPSA) is 76.9 Å². The summed E-state index contributed by atoms with van der Waals surface area (Å²) in [6, 6.07) is 15.5. The third kappa shape index (κ3) is 5.01. The lowest BCUT2D eigenvalue weighted by molar-refractivity contribution is -0.146. The number of nitrogens with zero attached hydrogens (tertiary/aromatic N) is 4. The van der Waals surface area contributed by atoms with E-state index in [0.29, 0.717) is 18.2 Å². The van der Waals surface area contributed by atoms with Gasteiger partial charge in [-0.05, 0) is 60.0 Å². The number of aromatic nitrogens is 4. The van der Waals surface area contributed by atoms with E-state index in [1.807, 2.05) is 18.2 Å².